The minimum Gasteiger partial charge on any atom is -0.449 e. The summed E-state index contributed by atoms with van der Waals surface area (Å²) in [5, 5.41) is 2.77. The van der Waals surface area contributed by atoms with Gasteiger partial charge in [0.15, 0.2) is 6.10 Å². The van der Waals surface area contributed by atoms with Crippen LogP contribution in [0, 0.1) is 13.8 Å². The fourth-order valence-corrected chi connectivity index (χ4v) is 4.27. The first-order valence-corrected chi connectivity index (χ1v) is 11.1. The van der Waals surface area contributed by atoms with Gasteiger partial charge in [0, 0.05) is 12.2 Å². The number of esters is 1. The van der Waals surface area contributed by atoms with Crippen molar-refractivity contribution < 1.29 is 22.7 Å². The highest BCUT2D eigenvalue weighted by Crippen LogP contribution is 2.31. The number of aryl methyl sites for hydroxylation is 2. The van der Waals surface area contributed by atoms with Crippen molar-refractivity contribution in [3.05, 3.63) is 58.7 Å². The number of nitrogens with zero attached hydrogens (tertiary/aromatic N) is 1. The first kappa shape index (κ1) is 20.9. The Balaban J connectivity index is 1.68. The molecule has 1 atom stereocenters. The molecule has 0 unspecified atom stereocenters. The van der Waals surface area contributed by atoms with Crippen molar-refractivity contribution in [3.8, 4) is 0 Å². The third-order valence-electron chi connectivity index (χ3n) is 4.86. The Morgan fingerprint density at radius 3 is 2.52 bits per heavy atom. The molecule has 1 amide bonds. The van der Waals surface area contributed by atoms with E-state index in [9.17, 15) is 18.0 Å². The molecular weight excluding hydrogens is 392 g/mol. The average molecular weight is 416 g/mol. The van der Waals surface area contributed by atoms with Crippen LogP contribution in [0.25, 0.3) is 0 Å². The molecule has 0 aromatic heterocycles. The zero-order valence-corrected chi connectivity index (χ0v) is 17.7. The van der Waals surface area contributed by atoms with E-state index in [1.165, 1.54) is 17.3 Å². The first-order valence-electron chi connectivity index (χ1n) is 9.26. The molecule has 154 valence electrons. The zero-order valence-electron chi connectivity index (χ0n) is 16.9. The van der Waals surface area contributed by atoms with Crippen LogP contribution in [-0.2, 0) is 26.0 Å². The fourth-order valence-electron chi connectivity index (χ4n) is 3.31. The van der Waals surface area contributed by atoms with Crippen LogP contribution in [0.4, 0.5) is 11.4 Å². The van der Waals surface area contributed by atoms with Gasteiger partial charge >= 0.3 is 5.97 Å². The van der Waals surface area contributed by atoms with E-state index < -0.39 is 28.0 Å². The van der Waals surface area contributed by atoms with Crippen LogP contribution in [0.1, 0.15) is 34.0 Å². The largest absolute Gasteiger partial charge is 0.449 e. The van der Waals surface area contributed by atoms with Gasteiger partial charge in [-0.25, -0.2) is 13.2 Å². The number of hydrogen-bond donors (Lipinski definition) is 1. The van der Waals surface area contributed by atoms with Gasteiger partial charge in [-0.3, -0.25) is 9.10 Å². The number of sulfonamides is 1. The number of rotatable bonds is 5. The van der Waals surface area contributed by atoms with Gasteiger partial charge in [-0.1, -0.05) is 17.7 Å². The number of benzene rings is 2. The van der Waals surface area contributed by atoms with Crippen LogP contribution in [0.3, 0.4) is 0 Å². The molecule has 0 aliphatic carbocycles. The standard InChI is InChI=1S/C21H24N2O5S/c1-13-5-7-18(14(2)11-13)22-20(24)15(3)28-21(25)17-6-8-19-16(12-17)9-10-23(19)29(4,26)27/h5-8,11-12,15H,9-10H2,1-4H3,(H,22,24)/t15-/m0/s1. The maximum atomic E-state index is 12.5. The molecule has 29 heavy (non-hydrogen) atoms. The van der Waals surface area contributed by atoms with E-state index in [4.69, 9.17) is 4.74 Å². The lowest BCUT2D eigenvalue weighted by molar-refractivity contribution is -0.123. The van der Waals surface area contributed by atoms with E-state index in [0.29, 0.717) is 24.3 Å². The predicted molar refractivity (Wildman–Crippen MR) is 112 cm³/mol. The van der Waals surface area contributed by atoms with Crippen molar-refractivity contribution in [2.75, 3.05) is 22.4 Å². The van der Waals surface area contributed by atoms with Crippen LogP contribution < -0.4 is 9.62 Å². The van der Waals surface area contributed by atoms with E-state index in [1.807, 2.05) is 32.0 Å². The normalized spacial score (nSPS) is 14.3. The molecule has 0 radical (unpaired) electrons. The van der Waals surface area contributed by atoms with Gasteiger partial charge in [-0.15, -0.1) is 0 Å². The monoisotopic (exact) mass is 416 g/mol. The third-order valence-corrected chi connectivity index (χ3v) is 6.04. The maximum Gasteiger partial charge on any atom is 0.338 e. The highest BCUT2D eigenvalue weighted by Gasteiger charge is 2.27. The van der Waals surface area contributed by atoms with Crippen LogP contribution >= 0.6 is 0 Å². The van der Waals surface area contributed by atoms with E-state index >= 15 is 0 Å². The van der Waals surface area contributed by atoms with Gasteiger partial charge in [0.05, 0.1) is 17.5 Å². The van der Waals surface area contributed by atoms with Crippen LogP contribution in [0.15, 0.2) is 36.4 Å². The summed E-state index contributed by atoms with van der Waals surface area (Å²) in [6.07, 6.45) is 0.691. The first-order chi connectivity index (χ1) is 13.6. The van der Waals surface area contributed by atoms with Crippen molar-refractivity contribution in [1.29, 1.82) is 0 Å². The molecule has 0 bridgehead atoms. The molecule has 2 aromatic rings. The summed E-state index contributed by atoms with van der Waals surface area (Å²) in [4.78, 5) is 24.9. The molecule has 1 heterocycles. The van der Waals surface area contributed by atoms with E-state index in [0.717, 1.165) is 22.9 Å². The quantitative estimate of drug-likeness (QED) is 0.757. The van der Waals surface area contributed by atoms with E-state index in [-0.39, 0.29) is 5.56 Å². The Hall–Kier alpha value is -2.87. The number of ether oxygens (including phenoxy) is 1. The number of anilines is 2. The summed E-state index contributed by atoms with van der Waals surface area (Å²) in [6, 6.07) is 10.4. The number of amides is 1. The van der Waals surface area contributed by atoms with E-state index in [2.05, 4.69) is 5.32 Å². The van der Waals surface area contributed by atoms with Crippen molar-refractivity contribution >= 4 is 33.3 Å². The van der Waals surface area contributed by atoms with Gasteiger partial charge in [0.25, 0.3) is 5.91 Å². The second-order valence-corrected chi connectivity index (χ2v) is 9.19. The third kappa shape index (κ3) is 4.59. The predicted octanol–water partition coefficient (Wildman–Crippen LogP) is 2.81. The number of carbonyl (C=O) groups is 2. The Morgan fingerprint density at radius 2 is 1.86 bits per heavy atom. The minimum atomic E-state index is -3.35. The molecule has 0 fully saturated rings. The summed E-state index contributed by atoms with van der Waals surface area (Å²) in [7, 11) is -3.35. The zero-order chi connectivity index (χ0) is 21.3. The number of carbonyl (C=O) groups excluding carboxylic acids is 2. The molecule has 0 saturated heterocycles. The lowest BCUT2D eigenvalue weighted by Gasteiger charge is -2.17. The van der Waals surface area contributed by atoms with Crippen molar-refractivity contribution in [1.82, 2.24) is 0 Å². The Kier molecular flexibility index (Phi) is 5.66. The van der Waals surface area contributed by atoms with Crippen molar-refractivity contribution in [2.45, 2.75) is 33.3 Å². The topological polar surface area (TPSA) is 92.8 Å². The second-order valence-electron chi connectivity index (χ2n) is 7.28. The number of nitrogens with one attached hydrogen (secondary N) is 1. The van der Waals surface area contributed by atoms with Crippen molar-refractivity contribution in [3.63, 3.8) is 0 Å². The Labute approximate surface area is 170 Å². The molecule has 8 heteroatoms. The number of fused-ring (bicyclic) bond motifs is 1. The van der Waals surface area contributed by atoms with Gasteiger partial charge in [0.2, 0.25) is 10.0 Å². The smallest absolute Gasteiger partial charge is 0.338 e. The average Bonchev–Trinajstić information content (AvgIpc) is 3.07. The molecule has 2 aromatic carbocycles. The molecule has 3 rings (SSSR count). The Bertz CT molecular complexity index is 1080. The molecule has 7 nitrogen and oxygen atoms in total. The molecule has 1 N–H and O–H groups in total. The van der Waals surface area contributed by atoms with Crippen LogP contribution in [0.2, 0.25) is 0 Å². The minimum absolute atomic E-state index is 0.283. The molecule has 0 spiro atoms. The van der Waals surface area contributed by atoms with Gasteiger partial charge in [-0.05, 0) is 62.6 Å². The van der Waals surface area contributed by atoms with Gasteiger partial charge in [0.1, 0.15) is 0 Å². The summed E-state index contributed by atoms with van der Waals surface area (Å²) in [5.41, 5.74) is 4.30. The molecule has 1 aliphatic heterocycles. The molecular formula is C21H24N2O5S. The summed E-state index contributed by atoms with van der Waals surface area (Å²) < 4.78 is 30.3. The summed E-state index contributed by atoms with van der Waals surface area (Å²) in [6.45, 7) is 5.72. The second kappa shape index (κ2) is 7.87. The van der Waals surface area contributed by atoms with Crippen LogP contribution in [0.5, 0.6) is 0 Å². The molecule has 0 saturated carbocycles. The van der Waals surface area contributed by atoms with Gasteiger partial charge < -0.3 is 10.1 Å². The highest BCUT2D eigenvalue weighted by molar-refractivity contribution is 7.92. The van der Waals surface area contributed by atoms with Crippen LogP contribution in [-0.4, -0.2) is 39.2 Å². The lowest BCUT2D eigenvalue weighted by Crippen LogP contribution is -2.30. The Morgan fingerprint density at radius 1 is 1.14 bits per heavy atom. The maximum absolute atomic E-state index is 12.5. The molecule has 1 aliphatic rings. The summed E-state index contributed by atoms with van der Waals surface area (Å²) >= 11 is 0. The highest BCUT2D eigenvalue weighted by atomic mass is 32.2. The van der Waals surface area contributed by atoms with Crippen molar-refractivity contribution in [2.24, 2.45) is 0 Å². The fraction of sp³-hybridized carbons (Fsp3) is 0.333. The SMILES string of the molecule is Cc1ccc(NC(=O)[C@H](C)OC(=O)c2ccc3c(c2)CCN3S(C)(=O)=O)c(C)c1. The number of hydrogen-bond acceptors (Lipinski definition) is 5. The summed E-state index contributed by atoms with van der Waals surface area (Å²) in [5.74, 6) is -1.05. The van der Waals surface area contributed by atoms with Gasteiger partial charge in [-0.2, -0.15) is 0 Å². The van der Waals surface area contributed by atoms with E-state index in [1.54, 1.807) is 12.1 Å². The lowest BCUT2D eigenvalue weighted by atomic mass is 10.1.